The molecule has 1 fully saturated rings. The van der Waals surface area contributed by atoms with Gasteiger partial charge in [-0.2, -0.15) is 0 Å². The number of carbonyl (C=O) groups excluding carboxylic acids is 1. The minimum absolute atomic E-state index is 0.127. The van der Waals surface area contributed by atoms with Crippen molar-refractivity contribution in [3.63, 3.8) is 0 Å². The molecule has 3 rings (SSSR count). The number of amides is 1. The average molecular weight is 341 g/mol. The minimum atomic E-state index is 0.127. The van der Waals surface area contributed by atoms with Gasteiger partial charge in [0.05, 0.1) is 31.3 Å². The summed E-state index contributed by atoms with van der Waals surface area (Å²) in [6.07, 6.45) is 7.62. The summed E-state index contributed by atoms with van der Waals surface area (Å²) in [5, 5.41) is 11.1. The van der Waals surface area contributed by atoms with Crippen LogP contribution < -0.4 is 5.32 Å². The Labute approximate surface area is 147 Å². The van der Waals surface area contributed by atoms with E-state index in [1.807, 2.05) is 29.6 Å². The van der Waals surface area contributed by atoms with Gasteiger partial charge >= 0.3 is 0 Å². The summed E-state index contributed by atoms with van der Waals surface area (Å²) in [6.45, 7) is 4.33. The molecule has 0 spiro atoms. The van der Waals surface area contributed by atoms with Crippen LogP contribution >= 0.6 is 0 Å². The van der Waals surface area contributed by atoms with Crippen molar-refractivity contribution >= 4 is 5.91 Å². The zero-order valence-corrected chi connectivity index (χ0v) is 14.6. The second kappa shape index (κ2) is 7.94. The normalized spacial score (nSPS) is 19.7. The molecular formula is C17H23N7O. The van der Waals surface area contributed by atoms with Crippen molar-refractivity contribution in [1.82, 2.24) is 34.8 Å². The number of likely N-dealkylation sites (tertiary alicyclic amines) is 1. The SMILES string of the molecule is CC#CCN[C@@H]1CN(C(=O)CCn2ccnn2)C[C@H]1c1cn(C)cn1. The molecule has 1 aliphatic rings. The number of nitrogens with one attached hydrogen (secondary N) is 1. The van der Waals surface area contributed by atoms with Crippen molar-refractivity contribution in [3.05, 3.63) is 30.6 Å². The Morgan fingerprint density at radius 3 is 3.00 bits per heavy atom. The molecule has 8 heteroatoms. The van der Waals surface area contributed by atoms with Crippen LogP contribution in [0.1, 0.15) is 25.0 Å². The Morgan fingerprint density at radius 2 is 2.32 bits per heavy atom. The minimum Gasteiger partial charge on any atom is -0.340 e. The third-order valence-corrected chi connectivity index (χ3v) is 4.43. The van der Waals surface area contributed by atoms with Crippen molar-refractivity contribution in [2.24, 2.45) is 7.05 Å². The van der Waals surface area contributed by atoms with Crippen LogP contribution in [0.5, 0.6) is 0 Å². The van der Waals surface area contributed by atoms with E-state index >= 15 is 0 Å². The second-order valence-electron chi connectivity index (χ2n) is 6.20. The van der Waals surface area contributed by atoms with Gasteiger partial charge in [-0.25, -0.2) is 4.98 Å². The van der Waals surface area contributed by atoms with Gasteiger partial charge in [-0.05, 0) is 6.92 Å². The molecule has 8 nitrogen and oxygen atoms in total. The summed E-state index contributed by atoms with van der Waals surface area (Å²) in [7, 11) is 1.96. The maximum atomic E-state index is 12.6. The zero-order chi connectivity index (χ0) is 17.6. The number of nitrogens with zero attached hydrogens (tertiary/aromatic N) is 6. The van der Waals surface area contributed by atoms with E-state index in [2.05, 4.69) is 32.5 Å². The van der Waals surface area contributed by atoms with Crippen LogP contribution in [0, 0.1) is 11.8 Å². The Kier molecular flexibility index (Phi) is 5.46. The lowest BCUT2D eigenvalue weighted by molar-refractivity contribution is -0.130. The zero-order valence-electron chi connectivity index (χ0n) is 14.6. The molecule has 0 saturated carbocycles. The van der Waals surface area contributed by atoms with Crippen LogP contribution in [0.25, 0.3) is 0 Å². The number of hydrogen-bond donors (Lipinski definition) is 1. The van der Waals surface area contributed by atoms with E-state index in [9.17, 15) is 4.79 Å². The predicted octanol–water partition coefficient (Wildman–Crippen LogP) is 0.00920. The van der Waals surface area contributed by atoms with Crippen molar-refractivity contribution < 1.29 is 4.79 Å². The Morgan fingerprint density at radius 1 is 1.44 bits per heavy atom. The van der Waals surface area contributed by atoms with Crippen molar-refractivity contribution in [1.29, 1.82) is 0 Å². The number of aryl methyl sites for hydroxylation is 2. The summed E-state index contributed by atoms with van der Waals surface area (Å²) in [5.41, 5.74) is 1.01. The molecule has 2 aromatic heterocycles. The molecule has 2 atom stereocenters. The molecule has 0 radical (unpaired) electrons. The lowest BCUT2D eigenvalue weighted by Gasteiger charge is -2.16. The first-order chi connectivity index (χ1) is 12.2. The molecule has 1 amide bonds. The van der Waals surface area contributed by atoms with Gasteiger partial charge in [-0.15, -0.1) is 11.0 Å². The topological polar surface area (TPSA) is 80.9 Å². The second-order valence-corrected chi connectivity index (χ2v) is 6.20. The molecule has 1 aliphatic heterocycles. The van der Waals surface area contributed by atoms with E-state index in [0.717, 1.165) is 5.69 Å². The molecule has 0 unspecified atom stereocenters. The monoisotopic (exact) mass is 341 g/mol. The van der Waals surface area contributed by atoms with Gasteiger partial charge in [0, 0.05) is 50.9 Å². The number of carbonyl (C=O) groups is 1. The number of hydrogen-bond acceptors (Lipinski definition) is 5. The highest BCUT2D eigenvalue weighted by Gasteiger charge is 2.36. The smallest absolute Gasteiger partial charge is 0.224 e. The lowest BCUT2D eigenvalue weighted by atomic mass is 10.0. The van der Waals surface area contributed by atoms with Crippen LogP contribution in [-0.2, 0) is 18.4 Å². The van der Waals surface area contributed by atoms with Crippen LogP contribution in [0.15, 0.2) is 24.9 Å². The first kappa shape index (κ1) is 17.2. The highest BCUT2D eigenvalue weighted by Crippen LogP contribution is 2.27. The molecule has 1 N–H and O–H groups in total. The highest BCUT2D eigenvalue weighted by atomic mass is 16.2. The van der Waals surface area contributed by atoms with Gasteiger partial charge in [0.15, 0.2) is 0 Å². The Hall–Kier alpha value is -2.66. The van der Waals surface area contributed by atoms with Gasteiger partial charge in [-0.3, -0.25) is 9.48 Å². The fraction of sp³-hybridized carbons (Fsp3) is 0.529. The van der Waals surface area contributed by atoms with E-state index < -0.39 is 0 Å². The van der Waals surface area contributed by atoms with E-state index in [-0.39, 0.29) is 17.9 Å². The van der Waals surface area contributed by atoms with Crippen LogP contribution in [0.4, 0.5) is 0 Å². The quantitative estimate of drug-likeness (QED) is 0.749. The first-order valence-corrected chi connectivity index (χ1v) is 8.40. The summed E-state index contributed by atoms with van der Waals surface area (Å²) in [5.74, 6) is 6.23. The summed E-state index contributed by atoms with van der Waals surface area (Å²) in [4.78, 5) is 19.0. The van der Waals surface area contributed by atoms with Crippen molar-refractivity contribution in [2.45, 2.75) is 31.8 Å². The summed E-state index contributed by atoms with van der Waals surface area (Å²) < 4.78 is 3.62. The molecule has 132 valence electrons. The number of rotatable bonds is 6. The molecule has 0 aliphatic carbocycles. The third-order valence-electron chi connectivity index (χ3n) is 4.43. The average Bonchev–Trinajstić information content (AvgIpc) is 3.33. The molecule has 0 bridgehead atoms. The van der Waals surface area contributed by atoms with Crippen LogP contribution in [-0.4, -0.2) is 61.0 Å². The maximum Gasteiger partial charge on any atom is 0.224 e. The fourth-order valence-corrected chi connectivity index (χ4v) is 3.13. The van der Waals surface area contributed by atoms with Crippen molar-refractivity contribution in [3.8, 4) is 11.8 Å². The van der Waals surface area contributed by atoms with Gasteiger partial charge in [0.25, 0.3) is 0 Å². The summed E-state index contributed by atoms with van der Waals surface area (Å²) >= 11 is 0. The molecule has 25 heavy (non-hydrogen) atoms. The predicted molar refractivity (Wildman–Crippen MR) is 92.4 cm³/mol. The molecule has 3 heterocycles. The van der Waals surface area contributed by atoms with E-state index in [4.69, 9.17) is 0 Å². The van der Waals surface area contributed by atoms with Gasteiger partial charge in [-0.1, -0.05) is 11.1 Å². The van der Waals surface area contributed by atoms with Gasteiger partial charge < -0.3 is 14.8 Å². The van der Waals surface area contributed by atoms with E-state index in [0.29, 0.717) is 32.6 Å². The van der Waals surface area contributed by atoms with Crippen LogP contribution in [0.2, 0.25) is 0 Å². The Bertz CT molecular complexity index is 756. The number of imidazole rings is 1. The van der Waals surface area contributed by atoms with Crippen molar-refractivity contribution in [2.75, 3.05) is 19.6 Å². The molecular weight excluding hydrogens is 318 g/mol. The third kappa shape index (κ3) is 4.25. The fourth-order valence-electron chi connectivity index (χ4n) is 3.13. The first-order valence-electron chi connectivity index (χ1n) is 8.40. The Balaban J connectivity index is 1.64. The molecule has 0 aromatic carbocycles. The summed E-state index contributed by atoms with van der Waals surface area (Å²) in [6, 6.07) is 0.158. The maximum absolute atomic E-state index is 12.6. The molecule has 2 aromatic rings. The highest BCUT2D eigenvalue weighted by molar-refractivity contribution is 5.76. The number of aromatic nitrogens is 5. The van der Waals surface area contributed by atoms with Gasteiger partial charge in [0.1, 0.15) is 0 Å². The van der Waals surface area contributed by atoms with Crippen LogP contribution in [0.3, 0.4) is 0 Å². The van der Waals surface area contributed by atoms with Gasteiger partial charge in [0.2, 0.25) is 5.91 Å². The lowest BCUT2D eigenvalue weighted by Crippen LogP contribution is -2.37. The molecule has 1 saturated heterocycles. The standard InChI is InChI=1S/C17H23N7O/c1-3-4-6-18-16-12-23(10-14(16)15-11-22(2)13-19-15)17(25)5-8-24-9-7-20-21-24/h7,9,11,13-14,16,18H,5-6,8,10,12H2,1-2H3/t14-,16+/m0/s1. The largest absolute Gasteiger partial charge is 0.340 e. The van der Waals surface area contributed by atoms with E-state index in [1.165, 1.54) is 0 Å². The van der Waals surface area contributed by atoms with E-state index in [1.54, 1.807) is 23.4 Å².